The number of nitro benzene ring substituents is 1. The Morgan fingerprint density at radius 2 is 1.68 bits per heavy atom. The van der Waals surface area contributed by atoms with E-state index in [1.807, 2.05) is 13.0 Å². The number of hydrazine groups is 1. The highest BCUT2D eigenvalue weighted by Crippen LogP contribution is 2.32. The second-order valence-electron chi connectivity index (χ2n) is 5.43. The van der Waals surface area contributed by atoms with E-state index in [-0.39, 0.29) is 18.0 Å². The number of halogens is 2. The highest BCUT2D eigenvalue weighted by atomic mass is 79.9. The van der Waals surface area contributed by atoms with Gasteiger partial charge in [0, 0.05) is 10.5 Å². The van der Waals surface area contributed by atoms with Gasteiger partial charge in [0.1, 0.15) is 5.75 Å². The maximum Gasteiger partial charge on any atom is 0.310 e. The molecule has 0 unspecified atom stereocenters. The van der Waals surface area contributed by atoms with E-state index in [0.717, 1.165) is 10.0 Å². The zero-order valence-corrected chi connectivity index (χ0v) is 17.7. The van der Waals surface area contributed by atoms with E-state index in [1.165, 1.54) is 18.2 Å². The Kier molecular flexibility index (Phi) is 7.76. The molecule has 0 saturated carbocycles. The lowest BCUT2D eigenvalue weighted by Crippen LogP contribution is -2.45. The van der Waals surface area contributed by atoms with Gasteiger partial charge in [-0.15, -0.1) is 0 Å². The van der Waals surface area contributed by atoms with Crippen LogP contribution in [0.4, 0.5) is 5.69 Å². The Morgan fingerprint density at radius 1 is 1.07 bits per heavy atom. The first kappa shape index (κ1) is 21.6. The normalized spacial score (nSPS) is 10.1. The average molecular weight is 517 g/mol. The highest BCUT2D eigenvalue weighted by molar-refractivity contribution is 9.11. The van der Waals surface area contributed by atoms with Crippen molar-refractivity contribution in [2.24, 2.45) is 0 Å². The predicted molar refractivity (Wildman–Crippen MR) is 107 cm³/mol. The molecular weight excluding hydrogens is 502 g/mol. The van der Waals surface area contributed by atoms with Crippen molar-refractivity contribution < 1.29 is 24.0 Å². The van der Waals surface area contributed by atoms with Crippen molar-refractivity contribution in [2.75, 3.05) is 13.2 Å². The van der Waals surface area contributed by atoms with Crippen LogP contribution < -0.4 is 20.3 Å². The summed E-state index contributed by atoms with van der Waals surface area (Å²) in [7, 11) is 0. The molecule has 2 aromatic carbocycles. The molecule has 0 heterocycles. The van der Waals surface area contributed by atoms with Crippen LogP contribution in [0.5, 0.6) is 11.5 Å². The third-order valence-electron chi connectivity index (χ3n) is 3.30. The van der Waals surface area contributed by atoms with Gasteiger partial charge < -0.3 is 9.47 Å². The Morgan fingerprint density at radius 3 is 2.29 bits per heavy atom. The number of carbonyl (C=O) groups is 2. The smallest absolute Gasteiger partial charge is 0.310 e. The number of rotatable bonds is 7. The van der Waals surface area contributed by atoms with Crippen molar-refractivity contribution in [2.45, 2.75) is 6.92 Å². The number of para-hydroxylation sites is 2. The molecule has 148 valence electrons. The van der Waals surface area contributed by atoms with E-state index in [1.54, 1.807) is 12.1 Å². The molecule has 0 aliphatic heterocycles. The largest absolute Gasteiger partial charge is 0.482 e. The summed E-state index contributed by atoms with van der Waals surface area (Å²) in [6, 6.07) is 9.27. The van der Waals surface area contributed by atoms with E-state index in [0.29, 0.717) is 10.2 Å². The number of ether oxygens (including phenoxy) is 2. The van der Waals surface area contributed by atoms with Crippen LogP contribution in [0, 0.1) is 17.0 Å². The molecule has 0 atom stereocenters. The number of aryl methyl sites for hydroxylation is 1. The fourth-order valence-electron chi connectivity index (χ4n) is 2.09. The van der Waals surface area contributed by atoms with Crippen molar-refractivity contribution in [1.29, 1.82) is 0 Å². The topological polar surface area (TPSA) is 120 Å². The summed E-state index contributed by atoms with van der Waals surface area (Å²) in [6.07, 6.45) is 0. The Bertz CT molecular complexity index is 883. The predicted octanol–water partition coefficient (Wildman–Crippen LogP) is 3.03. The molecule has 0 aliphatic rings. The summed E-state index contributed by atoms with van der Waals surface area (Å²) in [5.41, 5.74) is 4.87. The molecule has 0 radical (unpaired) electrons. The summed E-state index contributed by atoms with van der Waals surface area (Å²) in [5, 5.41) is 10.9. The maximum absolute atomic E-state index is 11.8. The lowest BCUT2D eigenvalue weighted by Gasteiger charge is -2.12. The lowest BCUT2D eigenvalue weighted by atomic mass is 10.2. The van der Waals surface area contributed by atoms with Crippen molar-refractivity contribution in [3.8, 4) is 11.5 Å². The zero-order chi connectivity index (χ0) is 20.7. The Labute approximate surface area is 176 Å². The van der Waals surface area contributed by atoms with Gasteiger partial charge in [0.15, 0.2) is 19.0 Å². The minimum Gasteiger partial charge on any atom is -0.482 e. The number of nitro groups is 1. The van der Waals surface area contributed by atoms with Gasteiger partial charge in [-0.2, -0.15) is 0 Å². The summed E-state index contributed by atoms with van der Waals surface area (Å²) >= 11 is 6.70. The molecule has 0 spiro atoms. The molecule has 28 heavy (non-hydrogen) atoms. The molecule has 0 aliphatic carbocycles. The number of nitrogens with zero attached hydrogens (tertiary/aromatic N) is 1. The van der Waals surface area contributed by atoms with Crippen molar-refractivity contribution in [3.05, 3.63) is 61.0 Å². The summed E-state index contributed by atoms with van der Waals surface area (Å²) < 4.78 is 12.1. The van der Waals surface area contributed by atoms with Crippen LogP contribution in [0.25, 0.3) is 0 Å². The van der Waals surface area contributed by atoms with Gasteiger partial charge in [0.05, 0.1) is 9.40 Å². The molecule has 0 bridgehead atoms. The second kappa shape index (κ2) is 10.0. The van der Waals surface area contributed by atoms with Gasteiger partial charge in [-0.3, -0.25) is 30.6 Å². The SMILES string of the molecule is Cc1cc(Br)cc(Br)c1OCC(=O)NNC(=O)COc1ccccc1[N+](=O)[O-]. The van der Waals surface area contributed by atoms with Gasteiger partial charge in [-0.25, -0.2) is 0 Å². The monoisotopic (exact) mass is 515 g/mol. The number of benzene rings is 2. The van der Waals surface area contributed by atoms with E-state index >= 15 is 0 Å². The minimum absolute atomic E-state index is 0.0483. The number of amides is 2. The summed E-state index contributed by atoms with van der Waals surface area (Å²) in [5.74, 6) is -0.821. The zero-order valence-electron chi connectivity index (χ0n) is 14.5. The number of carbonyl (C=O) groups excluding carboxylic acids is 2. The van der Waals surface area contributed by atoms with E-state index in [4.69, 9.17) is 9.47 Å². The van der Waals surface area contributed by atoms with Crippen LogP contribution in [-0.2, 0) is 9.59 Å². The van der Waals surface area contributed by atoms with Crippen molar-refractivity contribution in [1.82, 2.24) is 10.9 Å². The number of hydrogen-bond donors (Lipinski definition) is 2. The van der Waals surface area contributed by atoms with Crippen molar-refractivity contribution in [3.63, 3.8) is 0 Å². The van der Waals surface area contributed by atoms with Gasteiger partial charge in [-0.05, 0) is 46.6 Å². The van der Waals surface area contributed by atoms with Gasteiger partial charge in [0.2, 0.25) is 0 Å². The molecular formula is C17H15Br2N3O6. The minimum atomic E-state index is -0.687. The first-order valence-corrected chi connectivity index (χ1v) is 9.39. The molecule has 11 heteroatoms. The third-order valence-corrected chi connectivity index (χ3v) is 4.35. The molecule has 9 nitrogen and oxygen atoms in total. The molecule has 2 aromatic rings. The van der Waals surface area contributed by atoms with Gasteiger partial charge in [-0.1, -0.05) is 28.1 Å². The highest BCUT2D eigenvalue weighted by Gasteiger charge is 2.15. The molecule has 2 rings (SSSR count). The molecule has 2 N–H and O–H groups in total. The summed E-state index contributed by atoms with van der Waals surface area (Å²) in [4.78, 5) is 33.8. The van der Waals surface area contributed by atoms with Crippen LogP contribution in [0.15, 0.2) is 45.3 Å². The number of hydrogen-bond acceptors (Lipinski definition) is 6. The van der Waals surface area contributed by atoms with Gasteiger partial charge in [0.25, 0.3) is 11.8 Å². The quantitative estimate of drug-likeness (QED) is 0.431. The first-order valence-electron chi connectivity index (χ1n) is 7.80. The van der Waals surface area contributed by atoms with E-state index < -0.39 is 23.3 Å². The molecule has 0 aromatic heterocycles. The fraction of sp³-hybridized carbons (Fsp3) is 0.176. The van der Waals surface area contributed by atoms with Crippen LogP contribution >= 0.6 is 31.9 Å². The third kappa shape index (κ3) is 6.20. The van der Waals surface area contributed by atoms with Crippen LogP contribution in [0.2, 0.25) is 0 Å². The number of nitrogens with one attached hydrogen (secondary N) is 2. The van der Waals surface area contributed by atoms with E-state index in [2.05, 4.69) is 42.7 Å². The Hall–Kier alpha value is -2.66. The summed E-state index contributed by atoms with van der Waals surface area (Å²) in [6.45, 7) is 0.986. The lowest BCUT2D eigenvalue weighted by molar-refractivity contribution is -0.385. The Balaban J connectivity index is 1.79. The van der Waals surface area contributed by atoms with E-state index in [9.17, 15) is 19.7 Å². The van der Waals surface area contributed by atoms with Crippen LogP contribution in [0.1, 0.15) is 5.56 Å². The molecule has 0 saturated heterocycles. The van der Waals surface area contributed by atoms with Gasteiger partial charge >= 0.3 is 5.69 Å². The molecule has 0 fully saturated rings. The van der Waals surface area contributed by atoms with Crippen LogP contribution in [-0.4, -0.2) is 30.0 Å². The molecule has 2 amide bonds. The standard InChI is InChI=1S/C17H15Br2N3O6/c1-10-6-11(18)7-12(19)17(10)28-9-16(24)21-20-15(23)8-27-14-5-3-2-4-13(14)22(25)26/h2-7H,8-9H2,1H3,(H,20,23)(H,21,24). The van der Waals surface area contributed by atoms with Crippen LogP contribution in [0.3, 0.4) is 0 Å². The maximum atomic E-state index is 11.8. The fourth-order valence-corrected chi connectivity index (χ4v) is 3.65. The average Bonchev–Trinajstić information content (AvgIpc) is 2.63. The second-order valence-corrected chi connectivity index (χ2v) is 7.20. The van der Waals surface area contributed by atoms with Crippen molar-refractivity contribution >= 4 is 49.4 Å². The first-order chi connectivity index (χ1) is 13.3.